The summed E-state index contributed by atoms with van der Waals surface area (Å²) in [4.78, 5) is 20.9. The van der Waals surface area contributed by atoms with E-state index in [0.29, 0.717) is 23.6 Å². The molecule has 1 atom stereocenters. The highest BCUT2D eigenvalue weighted by atomic mass is 19.1. The maximum Gasteiger partial charge on any atom is 0.318 e. The molecule has 1 aromatic heterocycles. The second-order valence-electron chi connectivity index (χ2n) is 8.02. The molecule has 0 bridgehead atoms. The first-order valence-electron chi connectivity index (χ1n) is 10.3. The van der Waals surface area contributed by atoms with Crippen molar-refractivity contribution in [3.63, 3.8) is 0 Å². The third kappa shape index (κ3) is 4.66. The molecule has 1 aromatic carbocycles. The quantitative estimate of drug-likeness (QED) is 0.754. The fourth-order valence-electron chi connectivity index (χ4n) is 4.03. The van der Waals surface area contributed by atoms with Gasteiger partial charge in [0.2, 0.25) is 11.8 Å². The Hall–Kier alpha value is -3.48. The topological polar surface area (TPSA) is 118 Å². The SMILES string of the molecule is Cc1cc(CNC(=O)N(C2CC2)[C@@H]2CCCN(c3nncc(O)n3)C2)c(F)cc1C#N. The third-order valence-electron chi connectivity index (χ3n) is 5.73. The van der Waals surface area contributed by atoms with Gasteiger partial charge < -0.3 is 20.2 Å². The molecule has 2 N–H and O–H groups in total. The summed E-state index contributed by atoms with van der Waals surface area (Å²) in [5, 5.41) is 29.2. The van der Waals surface area contributed by atoms with Crippen molar-refractivity contribution in [2.24, 2.45) is 0 Å². The van der Waals surface area contributed by atoms with Crippen LogP contribution in [0.25, 0.3) is 0 Å². The average Bonchev–Trinajstić information content (AvgIpc) is 3.59. The fraction of sp³-hybridized carbons (Fsp3) is 0.476. The van der Waals surface area contributed by atoms with Crippen molar-refractivity contribution in [1.82, 2.24) is 25.4 Å². The lowest BCUT2D eigenvalue weighted by Gasteiger charge is -2.39. The molecule has 162 valence electrons. The number of aromatic nitrogens is 3. The first-order chi connectivity index (χ1) is 15.0. The van der Waals surface area contributed by atoms with Crippen molar-refractivity contribution in [2.75, 3.05) is 18.0 Å². The molecule has 1 aliphatic carbocycles. The van der Waals surface area contributed by atoms with E-state index in [9.17, 15) is 14.3 Å². The van der Waals surface area contributed by atoms with Crippen LogP contribution in [0.1, 0.15) is 42.4 Å². The van der Waals surface area contributed by atoms with E-state index < -0.39 is 5.82 Å². The molecule has 10 heteroatoms. The van der Waals surface area contributed by atoms with Crippen LogP contribution < -0.4 is 10.2 Å². The number of anilines is 1. The minimum atomic E-state index is -0.502. The van der Waals surface area contributed by atoms with Gasteiger partial charge in [0.1, 0.15) is 12.0 Å². The molecular formula is C21H24FN7O2. The van der Waals surface area contributed by atoms with Crippen molar-refractivity contribution >= 4 is 12.0 Å². The Morgan fingerprint density at radius 3 is 2.90 bits per heavy atom. The minimum Gasteiger partial charge on any atom is -0.492 e. The number of amides is 2. The van der Waals surface area contributed by atoms with Crippen molar-refractivity contribution in [3.05, 3.63) is 40.8 Å². The van der Waals surface area contributed by atoms with Gasteiger partial charge in [-0.2, -0.15) is 10.2 Å². The van der Waals surface area contributed by atoms with Crippen LogP contribution in [0.3, 0.4) is 0 Å². The molecule has 9 nitrogen and oxygen atoms in total. The first kappa shape index (κ1) is 20.8. The van der Waals surface area contributed by atoms with Gasteiger partial charge in [0, 0.05) is 31.2 Å². The summed E-state index contributed by atoms with van der Waals surface area (Å²) in [6.07, 6.45) is 4.76. The van der Waals surface area contributed by atoms with E-state index in [-0.39, 0.29) is 36.1 Å². The van der Waals surface area contributed by atoms with E-state index in [1.165, 1.54) is 12.3 Å². The maximum atomic E-state index is 14.3. The van der Waals surface area contributed by atoms with E-state index in [1.807, 2.05) is 15.9 Å². The van der Waals surface area contributed by atoms with Crippen molar-refractivity contribution in [1.29, 1.82) is 5.26 Å². The highest BCUT2D eigenvalue weighted by molar-refractivity contribution is 5.75. The standard InChI is InChI=1S/C21H24FN7O2/c1-13-7-15(18(22)8-14(13)9-23)10-24-21(31)29(16-4-5-16)17-3-2-6-28(12-17)20-26-19(30)11-25-27-20/h7-8,11,16-17H,2-6,10,12H2,1H3,(H,24,31)(H,26,27,30)/t17-/m1/s1. The highest BCUT2D eigenvalue weighted by Gasteiger charge is 2.39. The van der Waals surface area contributed by atoms with Crippen LogP contribution in [0.5, 0.6) is 5.88 Å². The third-order valence-corrected chi connectivity index (χ3v) is 5.73. The van der Waals surface area contributed by atoms with Crippen LogP contribution in [-0.2, 0) is 6.54 Å². The number of aromatic hydroxyl groups is 1. The Morgan fingerprint density at radius 1 is 1.39 bits per heavy atom. The monoisotopic (exact) mass is 425 g/mol. The predicted molar refractivity (Wildman–Crippen MR) is 110 cm³/mol. The lowest BCUT2D eigenvalue weighted by Crippen LogP contribution is -2.54. The van der Waals surface area contributed by atoms with Gasteiger partial charge in [-0.05, 0) is 44.2 Å². The van der Waals surface area contributed by atoms with E-state index in [0.717, 1.165) is 32.2 Å². The van der Waals surface area contributed by atoms with Crippen molar-refractivity contribution < 1.29 is 14.3 Å². The normalized spacial score (nSPS) is 18.4. The zero-order valence-electron chi connectivity index (χ0n) is 17.3. The molecule has 0 unspecified atom stereocenters. The summed E-state index contributed by atoms with van der Waals surface area (Å²) in [7, 11) is 0. The molecule has 2 heterocycles. The Labute approximate surface area is 179 Å². The van der Waals surface area contributed by atoms with Gasteiger partial charge in [-0.15, -0.1) is 10.2 Å². The number of benzene rings is 1. The Balaban J connectivity index is 1.44. The van der Waals surface area contributed by atoms with Gasteiger partial charge in [0.25, 0.3) is 0 Å². The molecule has 1 saturated heterocycles. The minimum absolute atomic E-state index is 0.0419. The number of nitrogens with one attached hydrogen (secondary N) is 1. The molecule has 1 saturated carbocycles. The second kappa shape index (κ2) is 8.71. The zero-order valence-corrected chi connectivity index (χ0v) is 17.3. The number of carbonyl (C=O) groups excluding carboxylic acids is 1. The van der Waals surface area contributed by atoms with Gasteiger partial charge in [0.05, 0.1) is 17.7 Å². The van der Waals surface area contributed by atoms with Gasteiger partial charge in [0.15, 0.2) is 0 Å². The number of urea groups is 1. The van der Waals surface area contributed by atoms with E-state index >= 15 is 0 Å². The average molecular weight is 425 g/mol. The first-order valence-corrected chi connectivity index (χ1v) is 10.3. The molecule has 0 spiro atoms. The van der Waals surface area contributed by atoms with Gasteiger partial charge in [-0.1, -0.05) is 6.07 Å². The molecule has 2 aliphatic rings. The van der Waals surface area contributed by atoms with Gasteiger partial charge >= 0.3 is 6.03 Å². The summed E-state index contributed by atoms with van der Waals surface area (Å²) < 4.78 is 14.3. The number of rotatable bonds is 5. The predicted octanol–water partition coefficient (Wildman–Crippen LogP) is 2.24. The number of hydrogen-bond acceptors (Lipinski definition) is 7. The summed E-state index contributed by atoms with van der Waals surface area (Å²) in [6.45, 7) is 3.06. The van der Waals surface area contributed by atoms with Crippen LogP contribution in [0, 0.1) is 24.1 Å². The van der Waals surface area contributed by atoms with E-state index in [1.54, 1.807) is 13.0 Å². The van der Waals surface area contributed by atoms with Crippen molar-refractivity contribution in [2.45, 2.75) is 51.2 Å². The maximum absolute atomic E-state index is 14.3. The van der Waals surface area contributed by atoms with Crippen molar-refractivity contribution in [3.8, 4) is 11.9 Å². The summed E-state index contributed by atoms with van der Waals surface area (Å²) >= 11 is 0. The number of piperidine rings is 1. The molecule has 2 amide bonds. The van der Waals surface area contributed by atoms with Crippen LogP contribution in [0.4, 0.5) is 15.1 Å². The molecule has 2 aromatic rings. The molecule has 1 aliphatic heterocycles. The fourth-order valence-corrected chi connectivity index (χ4v) is 4.03. The smallest absolute Gasteiger partial charge is 0.318 e. The molecule has 2 fully saturated rings. The lowest BCUT2D eigenvalue weighted by molar-refractivity contribution is 0.160. The summed E-state index contributed by atoms with van der Waals surface area (Å²) in [6, 6.07) is 4.67. The zero-order chi connectivity index (χ0) is 22.0. The Morgan fingerprint density at radius 2 is 2.19 bits per heavy atom. The van der Waals surface area contributed by atoms with Gasteiger partial charge in [-0.3, -0.25) is 0 Å². The molecule has 31 heavy (non-hydrogen) atoms. The number of halogens is 1. The number of carbonyl (C=O) groups is 1. The second-order valence-corrected chi connectivity index (χ2v) is 8.02. The van der Waals surface area contributed by atoms with Crippen LogP contribution in [0.2, 0.25) is 0 Å². The number of nitriles is 1. The Bertz CT molecular complexity index is 1020. The van der Waals surface area contributed by atoms with E-state index in [2.05, 4.69) is 20.5 Å². The largest absolute Gasteiger partial charge is 0.492 e. The molecular weight excluding hydrogens is 401 g/mol. The highest BCUT2D eigenvalue weighted by Crippen LogP contribution is 2.32. The lowest BCUT2D eigenvalue weighted by atomic mass is 10.0. The van der Waals surface area contributed by atoms with Crippen LogP contribution in [0.15, 0.2) is 18.3 Å². The van der Waals surface area contributed by atoms with Crippen LogP contribution >= 0.6 is 0 Å². The molecule has 0 radical (unpaired) electrons. The van der Waals surface area contributed by atoms with Gasteiger partial charge in [-0.25, -0.2) is 9.18 Å². The molecule has 4 rings (SSSR count). The van der Waals surface area contributed by atoms with Crippen LogP contribution in [-0.4, -0.2) is 56.4 Å². The number of aryl methyl sites for hydroxylation is 1. The summed E-state index contributed by atoms with van der Waals surface area (Å²) in [5.41, 5.74) is 1.32. The number of nitrogens with zero attached hydrogens (tertiary/aromatic N) is 6. The Kier molecular flexibility index (Phi) is 5.84. The van der Waals surface area contributed by atoms with E-state index in [4.69, 9.17) is 5.26 Å². The number of hydrogen-bond donors (Lipinski definition) is 2. The summed E-state index contributed by atoms with van der Waals surface area (Å²) in [5.74, 6) is -0.350.